The Hall–Kier alpha value is -1.22. The molecule has 0 aliphatic carbocycles. The molecule has 0 aliphatic heterocycles. The summed E-state index contributed by atoms with van der Waals surface area (Å²) in [5.74, 6) is 0. The zero-order valence-electron chi connectivity index (χ0n) is 9.05. The molecule has 0 saturated heterocycles. The highest BCUT2D eigenvalue weighted by atomic mass is 35.5. The fourth-order valence-corrected chi connectivity index (χ4v) is 2.61. The van der Waals surface area contributed by atoms with Crippen molar-refractivity contribution in [3.8, 4) is 11.1 Å². The predicted octanol–water partition coefficient (Wildman–Crippen LogP) is 5.19. The average Bonchev–Trinajstić information content (AvgIpc) is 2.82. The summed E-state index contributed by atoms with van der Waals surface area (Å²) in [5.41, 5.74) is 3.37. The first-order chi connectivity index (χ1) is 8.66. The highest BCUT2D eigenvalue weighted by Gasteiger charge is 2.12. The SMILES string of the molecule is Clc1ccc(Cl)c(-c2cnc3cc[nH]c3c2)c1Cl. The zero-order valence-corrected chi connectivity index (χ0v) is 11.3. The third-order valence-corrected chi connectivity index (χ3v) is 3.85. The number of hydrogen-bond donors (Lipinski definition) is 1. The van der Waals surface area contributed by atoms with Crippen LogP contribution >= 0.6 is 34.8 Å². The molecule has 0 amide bonds. The minimum atomic E-state index is 0.442. The van der Waals surface area contributed by atoms with Crippen LogP contribution in [0.1, 0.15) is 0 Å². The van der Waals surface area contributed by atoms with Crippen molar-refractivity contribution in [2.45, 2.75) is 0 Å². The summed E-state index contributed by atoms with van der Waals surface area (Å²) in [6.45, 7) is 0. The van der Waals surface area contributed by atoms with E-state index in [2.05, 4.69) is 9.97 Å². The number of nitrogens with one attached hydrogen (secondary N) is 1. The number of aromatic amines is 1. The largest absolute Gasteiger partial charge is 0.360 e. The van der Waals surface area contributed by atoms with Crippen LogP contribution in [-0.2, 0) is 0 Å². The lowest BCUT2D eigenvalue weighted by Gasteiger charge is -2.08. The second kappa shape index (κ2) is 4.47. The molecule has 0 bridgehead atoms. The summed E-state index contributed by atoms with van der Waals surface area (Å²) < 4.78 is 0. The molecule has 0 unspecified atom stereocenters. The Kier molecular flexibility index (Phi) is 2.94. The van der Waals surface area contributed by atoms with Crippen molar-refractivity contribution in [3.63, 3.8) is 0 Å². The molecule has 1 N–H and O–H groups in total. The number of hydrogen-bond acceptors (Lipinski definition) is 1. The molecular weight excluding hydrogens is 291 g/mol. The predicted molar refractivity (Wildman–Crippen MR) is 76.6 cm³/mol. The van der Waals surface area contributed by atoms with Crippen molar-refractivity contribution >= 4 is 45.8 Å². The van der Waals surface area contributed by atoms with Crippen molar-refractivity contribution in [1.29, 1.82) is 0 Å². The molecule has 0 radical (unpaired) electrons. The molecule has 3 rings (SSSR count). The Morgan fingerprint density at radius 3 is 2.61 bits per heavy atom. The van der Waals surface area contributed by atoms with E-state index in [4.69, 9.17) is 34.8 Å². The Balaban J connectivity index is 2.28. The maximum absolute atomic E-state index is 6.20. The highest BCUT2D eigenvalue weighted by molar-refractivity contribution is 6.46. The van der Waals surface area contributed by atoms with Gasteiger partial charge in [0, 0.05) is 23.5 Å². The Morgan fingerprint density at radius 2 is 1.78 bits per heavy atom. The van der Waals surface area contributed by atoms with Gasteiger partial charge in [0.05, 0.1) is 26.1 Å². The first kappa shape index (κ1) is 11.8. The van der Waals surface area contributed by atoms with Crippen LogP contribution < -0.4 is 0 Å². The van der Waals surface area contributed by atoms with Crippen molar-refractivity contribution in [2.75, 3.05) is 0 Å². The minimum absolute atomic E-state index is 0.442. The summed E-state index contributed by atoms with van der Waals surface area (Å²) >= 11 is 18.4. The first-order valence-corrected chi connectivity index (χ1v) is 6.37. The lowest BCUT2D eigenvalue weighted by molar-refractivity contribution is 1.40. The number of H-pyrrole nitrogens is 1. The molecule has 0 aliphatic rings. The van der Waals surface area contributed by atoms with Gasteiger partial charge in [0.15, 0.2) is 0 Å². The molecule has 0 atom stereocenters. The van der Waals surface area contributed by atoms with E-state index in [9.17, 15) is 0 Å². The lowest BCUT2D eigenvalue weighted by atomic mass is 10.1. The first-order valence-electron chi connectivity index (χ1n) is 5.24. The van der Waals surface area contributed by atoms with Gasteiger partial charge in [-0.05, 0) is 24.3 Å². The number of halogens is 3. The molecular formula is C13H7Cl3N2. The molecule has 1 aromatic carbocycles. The number of fused-ring (bicyclic) bond motifs is 1. The summed E-state index contributed by atoms with van der Waals surface area (Å²) in [6, 6.07) is 7.26. The van der Waals surface area contributed by atoms with Crippen molar-refractivity contribution in [2.24, 2.45) is 0 Å². The Morgan fingerprint density at radius 1 is 1.00 bits per heavy atom. The smallest absolute Gasteiger partial charge is 0.0879 e. The standard InChI is InChI=1S/C13H7Cl3N2/c14-8-1-2-9(15)13(16)12(8)7-5-11-10(18-6-7)3-4-17-11/h1-6,17H. The number of aromatic nitrogens is 2. The number of nitrogens with zero attached hydrogens (tertiary/aromatic N) is 1. The maximum Gasteiger partial charge on any atom is 0.0879 e. The molecule has 2 aromatic heterocycles. The van der Waals surface area contributed by atoms with Crippen LogP contribution in [0.4, 0.5) is 0 Å². The quantitative estimate of drug-likeness (QED) is 0.615. The number of pyridine rings is 1. The maximum atomic E-state index is 6.20. The average molecular weight is 298 g/mol. The minimum Gasteiger partial charge on any atom is -0.360 e. The second-order valence-electron chi connectivity index (χ2n) is 3.85. The van der Waals surface area contributed by atoms with Crippen LogP contribution in [0.2, 0.25) is 15.1 Å². The van der Waals surface area contributed by atoms with Crippen molar-refractivity contribution in [3.05, 3.63) is 51.7 Å². The molecule has 0 fully saturated rings. The zero-order chi connectivity index (χ0) is 12.7. The van der Waals surface area contributed by atoms with E-state index in [0.29, 0.717) is 20.6 Å². The van der Waals surface area contributed by atoms with Crippen LogP contribution in [0.15, 0.2) is 36.7 Å². The molecule has 18 heavy (non-hydrogen) atoms. The van der Waals surface area contributed by atoms with E-state index >= 15 is 0 Å². The molecule has 3 aromatic rings. The molecule has 2 heterocycles. The fraction of sp³-hybridized carbons (Fsp3) is 0. The Bertz CT molecular complexity index is 734. The summed E-state index contributed by atoms with van der Waals surface area (Å²) in [6.07, 6.45) is 3.57. The third kappa shape index (κ3) is 1.87. The van der Waals surface area contributed by atoms with Gasteiger partial charge in [-0.15, -0.1) is 0 Å². The van der Waals surface area contributed by atoms with E-state index in [0.717, 1.165) is 16.6 Å². The number of rotatable bonds is 1. The summed E-state index contributed by atoms with van der Waals surface area (Å²) in [5, 5.41) is 1.47. The van der Waals surface area contributed by atoms with Crippen LogP contribution in [0.5, 0.6) is 0 Å². The van der Waals surface area contributed by atoms with Gasteiger partial charge in [-0.2, -0.15) is 0 Å². The molecule has 5 heteroatoms. The summed E-state index contributed by atoms with van der Waals surface area (Å²) in [4.78, 5) is 7.44. The normalized spacial score (nSPS) is 11.1. The van der Waals surface area contributed by atoms with Gasteiger partial charge in [0.25, 0.3) is 0 Å². The van der Waals surface area contributed by atoms with E-state index in [-0.39, 0.29) is 0 Å². The lowest BCUT2D eigenvalue weighted by Crippen LogP contribution is -1.85. The van der Waals surface area contributed by atoms with Gasteiger partial charge in [0.1, 0.15) is 0 Å². The topological polar surface area (TPSA) is 28.7 Å². The van der Waals surface area contributed by atoms with Crippen LogP contribution in [-0.4, -0.2) is 9.97 Å². The second-order valence-corrected chi connectivity index (χ2v) is 5.05. The van der Waals surface area contributed by atoms with Crippen LogP contribution in [0.3, 0.4) is 0 Å². The molecule has 90 valence electrons. The van der Waals surface area contributed by atoms with Gasteiger partial charge < -0.3 is 4.98 Å². The third-order valence-electron chi connectivity index (χ3n) is 2.73. The summed E-state index contributed by atoms with van der Waals surface area (Å²) in [7, 11) is 0. The van der Waals surface area contributed by atoms with Gasteiger partial charge in [-0.1, -0.05) is 34.8 Å². The molecule has 0 spiro atoms. The highest BCUT2D eigenvalue weighted by Crippen LogP contribution is 2.39. The van der Waals surface area contributed by atoms with Crippen LogP contribution in [0, 0.1) is 0 Å². The van der Waals surface area contributed by atoms with E-state index in [1.54, 1.807) is 18.3 Å². The van der Waals surface area contributed by atoms with Gasteiger partial charge >= 0.3 is 0 Å². The Labute approximate surface area is 119 Å². The van der Waals surface area contributed by atoms with Crippen molar-refractivity contribution in [1.82, 2.24) is 9.97 Å². The molecule has 0 saturated carbocycles. The van der Waals surface area contributed by atoms with Crippen molar-refractivity contribution < 1.29 is 0 Å². The van der Waals surface area contributed by atoms with Gasteiger partial charge in [-0.3, -0.25) is 4.98 Å². The van der Waals surface area contributed by atoms with E-state index in [1.165, 1.54) is 0 Å². The van der Waals surface area contributed by atoms with E-state index < -0.39 is 0 Å². The number of benzene rings is 1. The monoisotopic (exact) mass is 296 g/mol. The van der Waals surface area contributed by atoms with Crippen LogP contribution in [0.25, 0.3) is 22.2 Å². The van der Waals surface area contributed by atoms with Gasteiger partial charge in [-0.25, -0.2) is 0 Å². The fourth-order valence-electron chi connectivity index (χ4n) is 1.86. The van der Waals surface area contributed by atoms with E-state index in [1.807, 2.05) is 18.3 Å². The molecule has 2 nitrogen and oxygen atoms in total. The van der Waals surface area contributed by atoms with Gasteiger partial charge in [0.2, 0.25) is 0 Å².